The molecular formula is C17H22F2N2O2. The quantitative estimate of drug-likeness (QED) is 0.844. The van der Waals surface area contributed by atoms with Crippen LogP contribution in [0, 0.1) is 11.6 Å². The van der Waals surface area contributed by atoms with E-state index in [2.05, 4.69) is 11.9 Å². The molecule has 6 heteroatoms. The first-order chi connectivity index (χ1) is 10.9. The minimum atomic E-state index is -0.916. The van der Waals surface area contributed by atoms with Gasteiger partial charge in [-0.15, -0.1) is 0 Å². The first kappa shape index (κ1) is 17.4. The van der Waals surface area contributed by atoms with Gasteiger partial charge in [0.25, 0.3) is 0 Å². The molecule has 1 aromatic rings. The number of benzene rings is 1. The summed E-state index contributed by atoms with van der Waals surface area (Å²) in [7, 11) is 0. The number of hydrogen-bond donors (Lipinski definition) is 1. The van der Waals surface area contributed by atoms with Gasteiger partial charge in [-0.1, -0.05) is 18.2 Å². The molecule has 1 saturated heterocycles. The van der Waals surface area contributed by atoms with Gasteiger partial charge in [-0.3, -0.25) is 0 Å². The highest BCUT2D eigenvalue weighted by atomic mass is 19.2. The zero-order valence-corrected chi connectivity index (χ0v) is 13.4. The molecule has 1 aliphatic rings. The number of urea groups is 1. The van der Waals surface area contributed by atoms with Crippen LogP contribution in [0.3, 0.4) is 0 Å². The summed E-state index contributed by atoms with van der Waals surface area (Å²) in [5, 5.41) is 2.92. The summed E-state index contributed by atoms with van der Waals surface area (Å²) in [6, 6.07) is 3.20. The van der Waals surface area contributed by atoms with E-state index < -0.39 is 17.7 Å². The third-order valence-electron chi connectivity index (χ3n) is 3.80. The second-order valence-corrected chi connectivity index (χ2v) is 5.78. The molecule has 2 amide bonds. The predicted molar refractivity (Wildman–Crippen MR) is 84.0 cm³/mol. The molecule has 0 spiro atoms. The van der Waals surface area contributed by atoms with E-state index in [1.165, 1.54) is 6.07 Å². The normalized spacial score (nSPS) is 20.3. The zero-order valence-electron chi connectivity index (χ0n) is 13.4. The summed E-state index contributed by atoms with van der Waals surface area (Å²) in [4.78, 5) is 14.0. The van der Waals surface area contributed by atoms with Crippen LogP contribution < -0.4 is 5.32 Å². The van der Waals surface area contributed by atoms with Crippen LogP contribution in [0.25, 0.3) is 0 Å². The Bertz CT molecular complexity index is 592. The fraction of sp³-hybridized carbons (Fsp3) is 0.471. The lowest BCUT2D eigenvalue weighted by Gasteiger charge is -2.26. The van der Waals surface area contributed by atoms with E-state index >= 15 is 0 Å². The Morgan fingerprint density at radius 1 is 1.43 bits per heavy atom. The maximum Gasteiger partial charge on any atom is 0.317 e. The first-order valence-corrected chi connectivity index (χ1v) is 7.68. The van der Waals surface area contributed by atoms with Gasteiger partial charge in [0.2, 0.25) is 0 Å². The van der Waals surface area contributed by atoms with E-state index in [0.29, 0.717) is 31.7 Å². The van der Waals surface area contributed by atoms with Crippen molar-refractivity contribution in [2.45, 2.75) is 32.4 Å². The minimum absolute atomic E-state index is 0.210. The standard InChI is InChI=1S/C17H22F2N2O2/c1-4-21(10-11(2)3)17(22)20-15-7-8-23-16(15)12-5-6-13(18)14(19)9-12/h5-6,9,15-16H,2,4,7-8,10H2,1,3H3,(H,20,22). The van der Waals surface area contributed by atoms with Gasteiger partial charge in [-0.2, -0.15) is 0 Å². The summed E-state index contributed by atoms with van der Waals surface area (Å²) < 4.78 is 32.1. The van der Waals surface area contributed by atoms with Crippen LogP contribution in [-0.2, 0) is 4.74 Å². The lowest BCUT2D eigenvalue weighted by molar-refractivity contribution is 0.0979. The van der Waals surface area contributed by atoms with Crippen molar-refractivity contribution in [2.75, 3.05) is 19.7 Å². The smallest absolute Gasteiger partial charge is 0.317 e. The summed E-state index contributed by atoms with van der Waals surface area (Å²) in [5.41, 5.74) is 1.41. The minimum Gasteiger partial charge on any atom is -0.371 e. The van der Waals surface area contributed by atoms with E-state index in [1.807, 2.05) is 13.8 Å². The van der Waals surface area contributed by atoms with E-state index in [9.17, 15) is 13.6 Å². The Hall–Kier alpha value is -1.95. The van der Waals surface area contributed by atoms with Crippen molar-refractivity contribution < 1.29 is 18.3 Å². The van der Waals surface area contributed by atoms with Gasteiger partial charge < -0.3 is 15.0 Å². The van der Waals surface area contributed by atoms with Crippen molar-refractivity contribution in [3.63, 3.8) is 0 Å². The maximum atomic E-state index is 13.4. The maximum absolute atomic E-state index is 13.4. The number of ether oxygens (including phenoxy) is 1. The number of nitrogens with zero attached hydrogens (tertiary/aromatic N) is 1. The highest BCUT2D eigenvalue weighted by molar-refractivity contribution is 5.75. The molecule has 126 valence electrons. The molecule has 1 N–H and O–H groups in total. The number of nitrogens with one attached hydrogen (secondary N) is 1. The molecule has 4 nitrogen and oxygen atoms in total. The number of carbonyl (C=O) groups excluding carboxylic acids is 1. The van der Waals surface area contributed by atoms with Crippen molar-refractivity contribution in [1.29, 1.82) is 0 Å². The molecule has 1 aliphatic heterocycles. The molecule has 0 bridgehead atoms. The van der Waals surface area contributed by atoms with Crippen LogP contribution in [0.4, 0.5) is 13.6 Å². The molecule has 0 radical (unpaired) electrons. The van der Waals surface area contributed by atoms with Gasteiger partial charge in [0.05, 0.1) is 6.04 Å². The molecule has 0 saturated carbocycles. The summed E-state index contributed by atoms with van der Waals surface area (Å²) in [6.07, 6.45) is 0.151. The Kier molecular flexibility index (Phi) is 5.71. The van der Waals surface area contributed by atoms with Crippen molar-refractivity contribution in [1.82, 2.24) is 10.2 Å². The van der Waals surface area contributed by atoms with Crippen molar-refractivity contribution in [3.05, 3.63) is 47.5 Å². The zero-order chi connectivity index (χ0) is 17.0. The van der Waals surface area contributed by atoms with Gasteiger partial charge >= 0.3 is 6.03 Å². The molecule has 1 aromatic carbocycles. The lowest BCUT2D eigenvalue weighted by atomic mass is 10.0. The van der Waals surface area contributed by atoms with Gasteiger partial charge in [0, 0.05) is 19.7 Å². The third kappa shape index (κ3) is 4.28. The van der Waals surface area contributed by atoms with Crippen LogP contribution >= 0.6 is 0 Å². The SMILES string of the molecule is C=C(C)CN(CC)C(=O)NC1CCOC1c1ccc(F)c(F)c1. The number of rotatable bonds is 5. The Labute approximate surface area is 135 Å². The fourth-order valence-corrected chi connectivity index (χ4v) is 2.66. The van der Waals surface area contributed by atoms with E-state index in [-0.39, 0.29) is 12.1 Å². The molecule has 23 heavy (non-hydrogen) atoms. The van der Waals surface area contributed by atoms with E-state index in [0.717, 1.165) is 17.7 Å². The second-order valence-electron chi connectivity index (χ2n) is 5.78. The Morgan fingerprint density at radius 3 is 2.78 bits per heavy atom. The predicted octanol–water partition coefficient (Wildman–Crippen LogP) is 3.40. The van der Waals surface area contributed by atoms with Crippen molar-refractivity contribution in [2.24, 2.45) is 0 Å². The highest BCUT2D eigenvalue weighted by Gasteiger charge is 2.32. The monoisotopic (exact) mass is 324 g/mol. The van der Waals surface area contributed by atoms with Crippen molar-refractivity contribution >= 4 is 6.03 Å². The highest BCUT2D eigenvalue weighted by Crippen LogP contribution is 2.30. The first-order valence-electron chi connectivity index (χ1n) is 7.68. The molecule has 1 heterocycles. The molecule has 2 rings (SSSR count). The molecule has 2 atom stereocenters. The van der Waals surface area contributed by atoms with E-state index in [4.69, 9.17) is 4.74 Å². The largest absolute Gasteiger partial charge is 0.371 e. The number of likely N-dealkylation sites (N-methyl/N-ethyl adjacent to an activating group) is 1. The number of hydrogen-bond acceptors (Lipinski definition) is 2. The van der Waals surface area contributed by atoms with Gasteiger partial charge in [-0.25, -0.2) is 13.6 Å². The van der Waals surface area contributed by atoms with Gasteiger partial charge in [0.15, 0.2) is 11.6 Å². The van der Waals surface area contributed by atoms with Crippen LogP contribution in [0.5, 0.6) is 0 Å². The van der Waals surface area contributed by atoms with Gasteiger partial charge in [0.1, 0.15) is 6.10 Å². The van der Waals surface area contributed by atoms with Crippen molar-refractivity contribution in [3.8, 4) is 0 Å². The summed E-state index contributed by atoms with van der Waals surface area (Å²) >= 11 is 0. The number of amides is 2. The van der Waals surface area contributed by atoms with Crippen LogP contribution in [0.15, 0.2) is 30.4 Å². The summed E-state index contributed by atoms with van der Waals surface area (Å²) in [5.74, 6) is -1.81. The Morgan fingerprint density at radius 2 is 2.17 bits per heavy atom. The van der Waals surface area contributed by atoms with Crippen LogP contribution in [-0.4, -0.2) is 36.7 Å². The molecule has 0 aliphatic carbocycles. The molecular weight excluding hydrogens is 302 g/mol. The molecule has 0 aromatic heterocycles. The molecule has 1 fully saturated rings. The lowest BCUT2D eigenvalue weighted by Crippen LogP contribution is -2.46. The topological polar surface area (TPSA) is 41.6 Å². The van der Waals surface area contributed by atoms with Gasteiger partial charge in [-0.05, 0) is 38.0 Å². The summed E-state index contributed by atoms with van der Waals surface area (Å²) in [6.45, 7) is 9.06. The third-order valence-corrected chi connectivity index (χ3v) is 3.80. The second kappa shape index (κ2) is 7.55. The fourth-order valence-electron chi connectivity index (χ4n) is 2.66. The average molecular weight is 324 g/mol. The molecule has 2 unspecified atom stereocenters. The van der Waals surface area contributed by atoms with Crippen LogP contribution in [0.1, 0.15) is 31.9 Å². The number of carbonyl (C=O) groups is 1. The van der Waals surface area contributed by atoms with Crippen LogP contribution in [0.2, 0.25) is 0 Å². The average Bonchev–Trinajstić information content (AvgIpc) is 2.95. The Balaban J connectivity index is 2.07. The van der Waals surface area contributed by atoms with E-state index in [1.54, 1.807) is 4.90 Å². The number of halogens is 2.